The van der Waals surface area contributed by atoms with Crippen LogP contribution in [-0.2, 0) is 0 Å². The number of imidazole rings is 1. The zero-order valence-electron chi connectivity index (χ0n) is 27.8. The molecule has 0 aliphatic heterocycles. The number of aryl methyl sites for hydroxylation is 4. The maximum atomic E-state index is 11.1. The van der Waals surface area contributed by atoms with E-state index in [1.807, 2.05) is 12.1 Å². The molecule has 9 aromatic rings. The van der Waals surface area contributed by atoms with Crippen LogP contribution in [0.3, 0.4) is 0 Å². The molecule has 0 amide bonds. The Bertz CT molecular complexity index is 2740. The van der Waals surface area contributed by atoms with Crippen molar-refractivity contribution in [2.75, 3.05) is 0 Å². The van der Waals surface area contributed by atoms with Gasteiger partial charge in [0.25, 0.3) is 0 Å². The molecule has 236 valence electrons. The number of aromatic hydroxyl groups is 1. The van der Waals surface area contributed by atoms with Gasteiger partial charge in [-0.05, 0) is 92.4 Å². The van der Waals surface area contributed by atoms with Gasteiger partial charge in [-0.3, -0.25) is 4.57 Å². The minimum Gasteiger partial charge on any atom is -0.506 e. The summed E-state index contributed by atoms with van der Waals surface area (Å²) in [5.74, 6) is 1.01. The molecule has 0 saturated carbocycles. The van der Waals surface area contributed by atoms with E-state index in [9.17, 15) is 5.11 Å². The van der Waals surface area contributed by atoms with Gasteiger partial charge in [-0.2, -0.15) is 0 Å². The average Bonchev–Trinajstić information content (AvgIpc) is 3.66. The summed E-state index contributed by atoms with van der Waals surface area (Å²) in [5, 5.41) is 14.4. The summed E-state index contributed by atoms with van der Waals surface area (Å²) in [6.07, 6.45) is 0. The second kappa shape index (κ2) is 10.9. The highest BCUT2D eigenvalue weighted by atomic mass is 16.3. The first-order chi connectivity index (χ1) is 23.8. The molecule has 6 aromatic carbocycles. The number of nitrogens with zero attached hydrogens (tertiary/aromatic N) is 3. The van der Waals surface area contributed by atoms with Gasteiger partial charge in [0.2, 0.25) is 0 Å². The monoisotopic (exact) mass is 634 g/mol. The predicted molar refractivity (Wildman–Crippen MR) is 203 cm³/mol. The number of benzene rings is 6. The maximum absolute atomic E-state index is 11.1. The lowest BCUT2D eigenvalue weighted by Crippen LogP contribution is -1.99. The molecule has 2 N–H and O–H groups in total. The van der Waals surface area contributed by atoms with E-state index in [1.165, 1.54) is 27.6 Å². The van der Waals surface area contributed by atoms with Crippen LogP contribution < -0.4 is 0 Å². The van der Waals surface area contributed by atoms with Crippen molar-refractivity contribution in [2.45, 2.75) is 27.7 Å². The normalized spacial score (nSPS) is 11.8. The third-order valence-corrected chi connectivity index (χ3v) is 9.56. The largest absolute Gasteiger partial charge is 0.506 e. The van der Waals surface area contributed by atoms with Crippen LogP contribution >= 0.6 is 0 Å². The van der Waals surface area contributed by atoms with Crippen molar-refractivity contribution in [3.8, 4) is 45.2 Å². The average molecular weight is 635 g/mol. The number of aromatic amines is 1. The van der Waals surface area contributed by atoms with Crippen molar-refractivity contribution in [1.29, 1.82) is 0 Å². The maximum Gasteiger partial charge on any atom is 0.147 e. The van der Waals surface area contributed by atoms with Gasteiger partial charge in [-0.25, -0.2) is 9.97 Å². The Hall–Kier alpha value is -6.20. The zero-order chi connectivity index (χ0) is 33.4. The molecule has 0 bridgehead atoms. The van der Waals surface area contributed by atoms with Crippen LogP contribution in [0, 0.1) is 27.7 Å². The van der Waals surface area contributed by atoms with Crippen LogP contribution in [-0.4, -0.2) is 24.6 Å². The zero-order valence-corrected chi connectivity index (χ0v) is 27.8. The number of aromatic nitrogens is 4. The van der Waals surface area contributed by atoms with Crippen molar-refractivity contribution >= 4 is 43.7 Å². The van der Waals surface area contributed by atoms with Crippen molar-refractivity contribution in [2.24, 2.45) is 0 Å². The number of phenols is 1. The summed E-state index contributed by atoms with van der Waals surface area (Å²) in [4.78, 5) is 14.3. The standard InChI is InChI=1S/C44H34N4O/c1-25-18-26(2)21-29(20-25)36-24-38(46-43-33(36)12-9-17-40(43)49)34-13-8-16-39-42(34)47-44(48(39)30-22-27(3)19-28(4)23-30)35-14-7-11-32-31-10-5-6-15-37(31)45-41(32)35/h5-24,45,49H,1-4H3. The molecule has 0 aliphatic carbocycles. The Balaban J connectivity index is 1.37. The number of H-pyrrole nitrogens is 1. The van der Waals surface area contributed by atoms with Crippen LogP contribution in [0.25, 0.3) is 83.2 Å². The van der Waals surface area contributed by atoms with Crippen LogP contribution in [0.5, 0.6) is 5.75 Å². The molecule has 0 unspecified atom stereocenters. The van der Waals surface area contributed by atoms with Gasteiger partial charge in [0, 0.05) is 38.5 Å². The van der Waals surface area contributed by atoms with Gasteiger partial charge < -0.3 is 10.1 Å². The van der Waals surface area contributed by atoms with Gasteiger partial charge in [-0.1, -0.05) is 90.0 Å². The van der Waals surface area contributed by atoms with E-state index in [4.69, 9.17) is 9.97 Å². The number of para-hydroxylation sites is 4. The Morgan fingerprint density at radius 2 is 1.20 bits per heavy atom. The molecule has 3 aromatic heterocycles. The first-order valence-corrected chi connectivity index (χ1v) is 16.6. The highest BCUT2D eigenvalue weighted by Crippen LogP contribution is 2.41. The fraction of sp³-hybridized carbons (Fsp3) is 0.0909. The molecule has 5 heteroatoms. The number of rotatable bonds is 4. The molecular formula is C44H34N4O. The SMILES string of the molecule is Cc1cc(C)cc(-c2cc(-c3cccc4c3nc(-c3cccc5c3[nH]c3ccccc35)n4-c3cc(C)cc(C)c3)nc3c(O)cccc23)c1. The number of pyridine rings is 1. The van der Waals surface area contributed by atoms with Gasteiger partial charge in [0.05, 0.1) is 22.2 Å². The van der Waals surface area contributed by atoms with Gasteiger partial charge in [0.1, 0.15) is 17.1 Å². The molecule has 5 nitrogen and oxygen atoms in total. The fourth-order valence-electron chi connectivity index (χ4n) is 7.63. The minimum absolute atomic E-state index is 0.157. The van der Waals surface area contributed by atoms with Crippen LogP contribution in [0.2, 0.25) is 0 Å². The molecule has 0 spiro atoms. The first-order valence-electron chi connectivity index (χ1n) is 16.6. The van der Waals surface area contributed by atoms with E-state index < -0.39 is 0 Å². The van der Waals surface area contributed by atoms with E-state index >= 15 is 0 Å². The molecule has 0 saturated heterocycles. The number of phenolic OH excluding ortho intramolecular Hbond substituents is 1. The summed E-state index contributed by atoms with van der Waals surface area (Å²) < 4.78 is 2.28. The number of hydrogen-bond acceptors (Lipinski definition) is 3. The van der Waals surface area contributed by atoms with Crippen LogP contribution in [0.1, 0.15) is 22.3 Å². The Kier molecular flexibility index (Phi) is 6.46. The van der Waals surface area contributed by atoms with Crippen molar-refractivity contribution in [3.63, 3.8) is 0 Å². The molecule has 0 aliphatic rings. The summed E-state index contributed by atoms with van der Waals surface area (Å²) in [7, 11) is 0. The Morgan fingerprint density at radius 3 is 2.00 bits per heavy atom. The highest BCUT2D eigenvalue weighted by molar-refractivity contribution is 6.12. The smallest absolute Gasteiger partial charge is 0.147 e. The lowest BCUT2D eigenvalue weighted by Gasteiger charge is -2.14. The molecule has 3 heterocycles. The molecule has 0 atom stereocenters. The quantitative estimate of drug-likeness (QED) is 0.202. The second-order valence-electron chi connectivity index (χ2n) is 13.3. The van der Waals surface area contributed by atoms with Gasteiger partial charge >= 0.3 is 0 Å². The first kappa shape index (κ1) is 29.0. The van der Waals surface area contributed by atoms with Crippen molar-refractivity contribution in [3.05, 3.63) is 144 Å². The highest BCUT2D eigenvalue weighted by Gasteiger charge is 2.22. The number of nitrogens with one attached hydrogen (secondary N) is 1. The summed E-state index contributed by atoms with van der Waals surface area (Å²) in [6.45, 7) is 8.51. The van der Waals surface area contributed by atoms with Gasteiger partial charge in [-0.15, -0.1) is 0 Å². The molecular weight excluding hydrogens is 601 g/mol. The Morgan fingerprint density at radius 1 is 0.551 bits per heavy atom. The molecule has 9 rings (SSSR count). The third-order valence-electron chi connectivity index (χ3n) is 9.56. The van der Waals surface area contributed by atoms with E-state index in [0.717, 1.165) is 72.3 Å². The van der Waals surface area contributed by atoms with Gasteiger partial charge in [0.15, 0.2) is 0 Å². The molecule has 0 fully saturated rings. The third kappa shape index (κ3) is 4.69. The summed E-state index contributed by atoms with van der Waals surface area (Å²) in [6, 6.07) is 42.2. The summed E-state index contributed by atoms with van der Waals surface area (Å²) in [5.41, 5.74) is 15.2. The fourth-order valence-corrected chi connectivity index (χ4v) is 7.63. The molecule has 49 heavy (non-hydrogen) atoms. The Labute approximate surface area is 284 Å². The summed E-state index contributed by atoms with van der Waals surface area (Å²) >= 11 is 0. The molecule has 0 radical (unpaired) electrons. The number of fused-ring (bicyclic) bond motifs is 5. The van der Waals surface area contributed by atoms with Crippen molar-refractivity contribution < 1.29 is 5.11 Å². The van der Waals surface area contributed by atoms with E-state index in [0.29, 0.717) is 5.52 Å². The van der Waals surface area contributed by atoms with E-state index in [2.05, 4.69) is 140 Å². The van der Waals surface area contributed by atoms with Crippen molar-refractivity contribution in [1.82, 2.24) is 19.5 Å². The lowest BCUT2D eigenvalue weighted by molar-refractivity contribution is 0.480. The predicted octanol–water partition coefficient (Wildman–Crippen LogP) is 11.1. The second-order valence-corrected chi connectivity index (χ2v) is 13.3. The lowest BCUT2D eigenvalue weighted by atomic mass is 9.95. The minimum atomic E-state index is 0.157. The van der Waals surface area contributed by atoms with Crippen LogP contribution in [0.15, 0.2) is 121 Å². The van der Waals surface area contributed by atoms with E-state index in [-0.39, 0.29) is 5.75 Å². The van der Waals surface area contributed by atoms with E-state index in [1.54, 1.807) is 6.07 Å². The van der Waals surface area contributed by atoms with Crippen LogP contribution in [0.4, 0.5) is 0 Å². The number of hydrogen-bond donors (Lipinski definition) is 2. The topological polar surface area (TPSA) is 66.7 Å².